The summed E-state index contributed by atoms with van der Waals surface area (Å²) in [6, 6.07) is 8.25. The molecule has 1 amide bonds. The van der Waals surface area contributed by atoms with Crippen molar-refractivity contribution in [3.05, 3.63) is 51.6 Å². The Labute approximate surface area is 212 Å². The van der Waals surface area contributed by atoms with Crippen LogP contribution in [0.15, 0.2) is 30.3 Å². The van der Waals surface area contributed by atoms with Gasteiger partial charge in [-0.1, -0.05) is 23.2 Å². The molecule has 1 aliphatic heterocycles. The summed E-state index contributed by atoms with van der Waals surface area (Å²) >= 11 is 12.3. The molecule has 0 saturated carbocycles. The molecule has 184 valence electrons. The Morgan fingerprint density at radius 1 is 0.886 bits per heavy atom. The van der Waals surface area contributed by atoms with Gasteiger partial charge in [-0.2, -0.15) is 0 Å². The number of nitrogens with zero attached hydrogens (tertiary/aromatic N) is 4. The van der Waals surface area contributed by atoms with Gasteiger partial charge in [0.15, 0.2) is 11.5 Å². The molecule has 0 atom stereocenters. The average molecular weight is 519 g/mol. The average Bonchev–Trinajstić information content (AvgIpc) is 2.88. The van der Waals surface area contributed by atoms with Gasteiger partial charge in [0.05, 0.1) is 41.9 Å². The van der Waals surface area contributed by atoms with E-state index in [4.69, 9.17) is 37.4 Å². The number of piperazine rings is 1. The normalized spacial score (nSPS) is 13.6. The van der Waals surface area contributed by atoms with Crippen molar-refractivity contribution in [3.63, 3.8) is 0 Å². The molecule has 0 aliphatic carbocycles. The minimum Gasteiger partial charge on any atom is -0.497 e. The van der Waals surface area contributed by atoms with Crippen LogP contribution in [0.2, 0.25) is 10.0 Å². The molecule has 2 aromatic carbocycles. The van der Waals surface area contributed by atoms with Crippen LogP contribution in [-0.2, 0) is 4.74 Å². The van der Waals surface area contributed by atoms with E-state index in [2.05, 4.69) is 9.97 Å². The molecule has 0 N–H and O–H groups in total. The van der Waals surface area contributed by atoms with Crippen molar-refractivity contribution in [2.75, 3.05) is 51.9 Å². The van der Waals surface area contributed by atoms with Gasteiger partial charge in [-0.25, -0.2) is 14.8 Å². The van der Waals surface area contributed by atoms with Crippen LogP contribution >= 0.6 is 23.2 Å². The lowest BCUT2D eigenvalue weighted by Gasteiger charge is -2.36. The highest BCUT2D eigenvalue weighted by Gasteiger charge is 2.28. The first-order valence-electron chi connectivity index (χ1n) is 11.0. The third-order valence-corrected chi connectivity index (χ3v) is 6.34. The lowest BCUT2D eigenvalue weighted by atomic mass is 10.1. The van der Waals surface area contributed by atoms with Crippen molar-refractivity contribution in [3.8, 4) is 11.5 Å². The fourth-order valence-corrected chi connectivity index (χ4v) is 4.15. The zero-order valence-electron chi connectivity index (χ0n) is 19.5. The van der Waals surface area contributed by atoms with E-state index in [0.717, 1.165) is 0 Å². The van der Waals surface area contributed by atoms with Gasteiger partial charge in [0.25, 0.3) is 5.91 Å². The summed E-state index contributed by atoms with van der Waals surface area (Å²) in [6.07, 6.45) is 0. The number of carbonyl (C=O) groups excluding carboxylic acids is 2. The van der Waals surface area contributed by atoms with Gasteiger partial charge >= 0.3 is 5.97 Å². The number of halogens is 2. The number of benzene rings is 2. The van der Waals surface area contributed by atoms with Crippen molar-refractivity contribution in [1.29, 1.82) is 0 Å². The molecule has 4 rings (SSSR count). The summed E-state index contributed by atoms with van der Waals surface area (Å²) in [5.41, 5.74) is 1.50. The second kappa shape index (κ2) is 10.5. The first-order chi connectivity index (χ1) is 16.8. The van der Waals surface area contributed by atoms with E-state index in [-0.39, 0.29) is 18.2 Å². The smallest absolute Gasteiger partial charge is 0.360 e. The monoisotopic (exact) mass is 518 g/mol. The Bertz CT molecular complexity index is 1260. The van der Waals surface area contributed by atoms with Crippen molar-refractivity contribution in [1.82, 2.24) is 14.9 Å². The lowest BCUT2D eigenvalue weighted by Crippen LogP contribution is -2.49. The number of hydrogen-bond donors (Lipinski definition) is 0. The number of aromatic nitrogens is 2. The highest BCUT2D eigenvalue weighted by molar-refractivity contribution is 6.42. The lowest BCUT2D eigenvalue weighted by molar-refractivity contribution is 0.0519. The zero-order valence-corrected chi connectivity index (χ0v) is 21.0. The van der Waals surface area contributed by atoms with Crippen LogP contribution in [0.5, 0.6) is 11.5 Å². The topological polar surface area (TPSA) is 94.1 Å². The van der Waals surface area contributed by atoms with Crippen LogP contribution in [0.25, 0.3) is 11.0 Å². The second-order valence-corrected chi connectivity index (χ2v) is 8.57. The van der Waals surface area contributed by atoms with Gasteiger partial charge in [0.2, 0.25) is 0 Å². The third kappa shape index (κ3) is 5.21. The number of amides is 1. The maximum absolute atomic E-state index is 13.2. The van der Waals surface area contributed by atoms with Crippen LogP contribution < -0.4 is 14.4 Å². The molecule has 3 aromatic rings. The number of rotatable bonds is 6. The summed E-state index contributed by atoms with van der Waals surface area (Å²) in [6.45, 7) is 3.65. The predicted molar refractivity (Wildman–Crippen MR) is 133 cm³/mol. The number of ether oxygens (including phenoxy) is 3. The number of anilines is 1. The highest BCUT2D eigenvalue weighted by Crippen LogP contribution is 2.30. The van der Waals surface area contributed by atoms with Crippen LogP contribution in [-0.4, -0.2) is 73.7 Å². The Kier molecular flexibility index (Phi) is 7.47. The Morgan fingerprint density at radius 3 is 2.00 bits per heavy atom. The van der Waals surface area contributed by atoms with Crippen molar-refractivity contribution in [2.24, 2.45) is 0 Å². The molecule has 1 saturated heterocycles. The largest absolute Gasteiger partial charge is 0.497 e. The molecular weight excluding hydrogens is 495 g/mol. The maximum Gasteiger partial charge on any atom is 0.360 e. The zero-order chi connectivity index (χ0) is 25.1. The first kappa shape index (κ1) is 24.8. The molecule has 0 bridgehead atoms. The van der Waals surface area contributed by atoms with Crippen LogP contribution in [0.3, 0.4) is 0 Å². The van der Waals surface area contributed by atoms with Gasteiger partial charge in [-0.15, -0.1) is 0 Å². The Morgan fingerprint density at radius 2 is 1.46 bits per heavy atom. The second-order valence-electron chi connectivity index (χ2n) is 7.75. The molecule has 1 aliphatic rings. The van der Waals surface area contributed by atoms with Crippen LogP contribution in [0, 0.1) is 0 Å². The fraction of sp³-hybridized carbons (Fsp3) is 0.333. The molecule has 1 aromatic heterocycles. The molecule has 1 fully saturated rings. The van der Waals surface area contributed by atoms with Gasteiger partial charge < -0.3 is 24.0 Å². The highest BCUT2D eigenvalue weighted by atomic mass is 35.5. The quantitative estimate of drug-likeness (QED) is 0.450. The summed E-state index contributed by atoms with van der Waals surface area (Å²) < 4.78 is 15.8. The minimum absolute atomic E-state index is 0.0926. The minimum atomic E-state index is -0.579. The third-order valence-electron chi connectivity index (χ3n) is 5.62. The van der Waals surface area contributed by atoms with E-state index in [1.54, 1.807) is 42.2 Å². The standard InChI is InChI=1S/C24H24Cl2N4O5/c1-4-35-24(32)21-22(28-20-13-18(26)17(25)12-19(20)27-21)29-5-7-30(8-6-29)23(31)14-9-15(33-2)11-16(10-14)34-3/h9-13H,4-8H2,1-3H3. The number of fused-ring (bicyclic) bond motifs is 1. The van der Waals surface area contributed by atoms with Crippen molar-refractivity contribution < 1.29 is 23.8 Å². The number of hydrogen-bond acceptors (Lipinski definition) is 8. The molecule has 11 heteroatoms. The molecule has 0 unspecified atom stereocenters. The first-order valence-corrected chi connectivity index (χ1v) is 11.7. The van der Waals surface area contributed by atoms with Crippen molar-refractivity contribution >= 4 is 51.9 Å². The molecule has 9 nitrogen and oxygen atoms in total. The molecule has 0 spiro atoms. The fourth-order valence-electron chi connectivity index (χ4n) is 3.83. The SMILES string of the molecule is CCOC(=O)c1nc2cc(Cl)c(Cl)cc2nc1N1CCN(C(=O)c2cc(OC)cc(OC)c2)CC1. The molecular formula is C24H24Cl2N4O5. The molecule has 2 heterocycles. The maximum atomic E-state index is 13.2. The van der Waals surface area contributed by atoms with E-state index in [0.29, 0.717) is 70.1 Å². The van der Waals surface area contributed by atoms with E-state index in [1.807, 2.05) is 4.90 Å². The predicted octanol–water partition coefficient (Wildman–Crippen LogP) is 4.09. The van der Waals surface area contributed by atoms with E-state index >= 15 is 0 Å². The Balaban J connectivity index is 1.59. The summed E-state index contributed by atoms with van der Waals surface area (Å²) in [5, 5.41) is 0.657. The molecule has 35 heavy (non-hydrogen) atoms. The van der Waals surface area contributed by atoms with E-state index in [1.165, 1.54) is 14.2 Å². The van der Waals surface area contributed by atoms with Gasteiger partial charge in [0, 0.05) is 37.8 Å². The van der Waals surface area contributed by atoms with E-state index < -0.39 is 5.97 Å². The summed E-state index contributed by atoms with van der Waals surface area (Å²) in [4.78, 5) is 38.6. The number of methoxy groups -OCH3 is 2. The van der Waals surface area contributed by atoms with Gasteiger partial charge in [0.1, 0.15) is 11.5 Å². The van der Waals surface area contributed by atoms with Crippen molar-refractivity contribution in [2.45, 2.75) is 6.92 Å². The number of carbonyl (C=O) groups is 2. The summed E-state index contributed by atoms with van der Waals surface area (Å²) in [5.74, 6) is 0.735. The Hall–Kier alpha value is -3.30. The summed E-state index contributed by atoms with van der Waals surface area (Å²) in [7, 11) is 3.07. The van der Waals surface area contributed by atoms with Gasteiger partial charge in [-0.3, -0.25) is 4.79 Å². The number of esters is 1. The molecule has 0 radical (unpaired) electrons. The van der Waals surface area contributed by atoms with E-state index in [9.17, 15) is 9.59 Å². The van der Waals surface area contributed by atoms with Crippen LogP contribution in [0.1, 0.15) is 27.8 Å². The van der Waals surface area contributed by atoms with Crippen LogP contribution in [0.4, 0.5) is 5.82 Å². The van der Waals surface area contributed by atoms with Gasteiger partial charge in [-0.05, 0) is 31.2 Å².